The van der Waals surface area contributed by atoms with Crippen molar-refractivity contribution in [2.75, 3.05) is 7.11 Å². The summed E-state index contributed by atoms with van der Waals surface area (Å²) in [4.78, 5) is 24.3. The highest BCUT2D eigenvalue weighted by Crippen LogP contribution is 2.26. The van der Waals surface area contributed by atoms with Crippen LogP contribution in [0.15, 0.2) is 24.4 Å². The van der Waals surface area contributed by atoms with Crippen molar-refractivity contribution in [3.05, 3.63) is 35.7 Å². The van der Waals surface area contributed by atoms with E-state index in [9.17, 15) is 9.59 Å². The van der Waals surface area contributed by atoms with Gasteiger partial charge >= 0.3 is 0 Å². The van der Waals surface area contributed by atoms with Gasteiger partial charge in [-0.2, -0.15) is 0 Å². The van der Waals surface area contributed by atoms with E-state index in [1.165, 1.54) is 6.92 Å². The van der Waals surface area contributed by atoms with Crippen molar-refractivity contribution >= 4 is 17.1 Å². The van der Waals surface area contributed by atoms with Gasteiger partial charge < -0.3 is 9.14 Å². The zero-order chi connectivity index (χ0) is 15.8. The molecule has 2 aromatic rings. The number of fused-ring (bicyclic) bond motifs is 1. The number of pyridine rings is 1. The molecule has 21 heavy (non-hydrogen) atoms. The van der Waals surface area contributed by atoms with Crippen molar-refractivity contribution in [1.29, 1.82) is 0 Å². The highest BCUT2D eigenvalue weighted by atomic mass is 16.5. The SMILES string of the molecule is COc1ccn2c(C(=O)CC(C)(C)C)cc(C(C)=O)c2c1. The topological polar surface area (TPSA) is 47.8 Å². The monoisotopic (exact) mass is 287 g/mol. The van der Waals surface area contributed by atoms with E-state index < -0.39 is 0 Å². The maximum absolute atomic E-state index is 12.5. The molecule has 0 aliphatic carbocycles. The van der Waals surface area contributed by atoms with Crippen LogP contribution in [-0.2, 0) is 0 Å². The summed E-state index contributed by atoms with van der Waals surface area (Å²) in [7, 11) is 1.58. The number of hydrogen-bond acceptors (Lipinski definition) is 3. The van der Waals surface area contributed by atoms with Gasteiger partial charge in [-0.25, -0.2) is 0 Å². The molecule has 2 rings (SSSR count). The quantitative estimate of drug-likeness (QED) is 0.804. The predicted molar refractivity (Wildman–Crippen MR) is 82.4 cm³/mol. The first-order valence-corrected chi connectivity index (χ1v) is 6.96. The molecule has 0 unspecified atom stereocenters. The number of ketones is 2. The number of rotatable bonds is 4. The second-order valence-corrected chi connectivity index (χ2v) is 6.48. The van der Waals surface area contributed by atoms with Gasteiger partial charge in [-0.1, -0.05) is 20.8 Å². The van der Waals surface area contributed by atoms with Crippen molar-refractivity contribution in [1.82, 2.24) is 4.40 Å². The largest absolute Gasteiger partial charge is 0.497 e. The van der Waals surface area contributed by atoms with Crippen LogP contribution >= 0.6 is 0 Å². The van der Waals surface area contributed by atoms with E-state index in [2.05, 4.69) is 0 Å². The minimum atomic E-state index is -0.0932. The zero-order valence-electron chi connectivity index (χ0n) is 13.2. The minimum Gasteiger partial charge on any atom is -0.497 e. The second-order valence-electron chi connectivity index (χ2n) is 6.48. The maximum Gasteiger partial charge on any atom is 0.180 e. The van der Waals surface area contributed by atoms with E-state index in [-0.39, 0.29) is 17.0 Å². The molecule has 0 bridgehead atoms. The molecule has 0 aromatic carbocycles. The van der Waals surface area contributed by atoms with Crippen LogP contribution in [0, 0.1) is 5.41 Å². The van der Waals surface area contributed by atoms with E-state index in [0.717, 1.165) is 0 Å². The van der Waals surface area contributed by atoms with Gasteiger partial charge in [0.2, 0.25) is 0 Å². The van der Waals surface area contributed by atoms with Gasteiger partial charge in [-0.15, -0.1) is 0 Å². The van der Waals surface area contributed by atoms with Crippen LogP contribution in [0.4, 0.5) is 0 Å². The lowest BCUT2D eigenvalue weighted by atomic mass is 9.89. The van der Waals surface area contributed by atoms with Gasteiger partial charge in [0.15, 0.2) is 11.6 Å². The molecule has 0 saturated heterocycles. The average molecular weight is 287 g/mol. The van der Waals surface area contributed by atoms with Gasteiger partial charge in [-0.05, 0) is 24.5 Å². The van der Waals surface area contributed by atoms with Gasteiger partial charge in [-0.3, -0.25) is 9.59 Å². The lowest BCUT2D eigenvalue weighted by Crippen LogP contribution is -2.14. The van der Waals surface area contributed by atoms with Gasteiger partial charge in [0.1, 0.15) is 5.75 Å². The van der Waals surface area contributed by atoms with E-state index in [4.69, 9.17) is 4.74 Å². The molecule has 0 atom stereocenters. The molecule has 0 radical (unpaired) electrons. The minimum absolute atomic E-state index is 0.0372. The van der Waals surface area contributed by atoms with E-state index >= 15 is 0 Å². The molecule has 0 saturated carbocycles. The molecule has 0 spiro atoms. The Kier molecular flexibility index (Phi) is 3.90. The summed E-state index contributed by atoms with van der Waals surface area (Å²) in [6.45, 7) is 7.58. The Hall–Kier alpha value is -2.10. The Morgan fingerprint density at radius 3 is 2.43 bits per heavy atom. The predicted octanol–water partition coefficient (Wildman–Crippen LogP) is 3.77. The second kappa shape index (κ2) is 5.35. The fourth-order valence-electron chi connectivity index (χ4n) is 2.37. The number of nitrogens with zero attached hydrogens (tertiary/aromatic N) is 1. The first-order valence-electron chi connectivity index (χ1n) is 6.96. The van der Waals surface area contributed by atoms with Crippen molar-refractivity contribution in [2.45, 2.75) is 34.1 Å². The van der Waals surface area contributed by atoms with Gasteiger partial charge in [0.25, 0.3) is 0 Å². The molecular formula is C17H21NO3. The Morgan fingerprint density at radius 2 is 1.90 bits per heavy atom. The van der Waals surface area contributed by atoms with E-state index in [1.807, 2.05) is 20.8 Å². The smallest absolute Gasteiger partial charge is 0.180 e. The van der Waals surface area contributed by atoms with E-state index in [1.54, 1.807) is 35.9 Å². The third kappa shape index (κ3) is 3.15. The Labute approximate surface area is 124 Å². The number of methoxy groups -OCH3 is 1. The fourth-order valence-corrected chi connectivity index (χ4v) is 2.37. The molecule has 0 N–H and O–H groups in total. The lowest BCUT2D eigenvalue weighted by Gasteiger charge is -2.16. The highest BCUT2D eigenvalue weighted by molar-refractivity contribution is 6.06. The van der Waals surface area contributed by atoms with Crippen LogP contribution in [0.25, 0.3) is 5.52 Å². The van der Waals surface area contributed by atoms with Gasteiger partial charge in [0, 0.05) is 24.2 Å². The Bertz CT molecular complexity index is 705. The molecule has 2 heterocycles. The standard InChI is InChI=1S/C17H21NO3/c1-11(19)13-9-15(16(20)10-17(2,3)4)18-7-6-12(21-5)8-14(13)18/h6-9H,10H2,1-5H3. The van der Waals surface area contributed by atoms with Crippen molar-refractivity contribution in [2.24, 2.45) is 5.41 Å². The Balaban J connectivity index is 2.60. The third-order valence-electron chi connectivity index (χ3n) is 3.33. The number of carbonyl (C=O) groups is 2. The molecule has 0 fully saturated rings. The summed E-state index contributed by atoms with van der Waals surface area (Å²) in [6.07, 6.45) is 2.21. The summed E-state index contributed by atoms with van der Waals surface area (Å²) in [5.74, 6) is 0.642. The van der Waals surface area contributed by atoms with Crippen LogP contribution in [0.1, 0.15) is 55.0 Å². The van der Waals surface area contributed by atoms with Gasteiger partial charge in [0.05, 0.1) is 18.3 Å². The Morgan fingerprint density at radius 1 is 1.24 bits per heavy atom. The molecule has 0 aliphatic rings. The summed E-state index contributed by atoms with van der Waals surface area (Å²) in [5, 5.41) is 0. The number of aromatic nitrogens is 1. The van der Waals surface area contributed by atoms with Crippen LogP contribution in [0.2, 0.25) is 0 Å². The average Bonchev–Trinajstić information content (AvgIpc) is 2.75. The van der Waals surface area contributed by atoms with Crippen LogP contribution in [-0.4, -0.2) is 23.1 Å². The van der Waals surface area contributed by atoms with Crippen molar-refractivity contribution in [3.8, 4) is 5.75 Å². The van der Waals surface area contributed by atoms with Crippen LogP contribution in [0.3, 0.4) is 0 Å². The number of hydrogen-bond donors (Lipinski definition) is 0. The third-order valence-corrected chi connectivity index (χ3v) is 3.33. The number of Topliss-reactive ketones (excluding diaryl/α,β-unsaturated/α-hetero) is 2. The summed E-state index contributed by atoms with van der Waals surface area (Å²) in [6, 6.07) is 5.25. The number of carbonyl (C=O) groups excluding carboxylic acids is 2. The van der Waals surface area contributed by atoms with Crippen molar-refractivity contribution < 1.29 is 14.3 Å². The molecule has 4 heteroatoms. The molecule has 2 aromatic heterocycles. The normalized spacial score (nSPS) is 11.7. The van der Waals surface area contributed by atoms with Crippen LogP contribution in [0.5, 0.6) is 5.75 Å². The van der Waals surface area contributed by atoms with E-state index in [0.29, 0.717) is 28.9 Å². The molecule has 0 amide bonds. The lowest BCUT2D eigenvalue weighted by molar-refractivity contribution is 0.0934. The fraction of sp³-hybridized carbons (Fsp3) is 0.412. The number of ether oxygens (including phenoxy) is 1. The molecule has 112 valence electrons. The zero-order valence-corrected chi connectivity index (χ0v) is 13.2. The first kappa shape index (κ1) is 15.3. The summed E-state index contributed by atoms with van der Waals surface area (Å²) >= 11 is 0. The summed E-state index contributed by atoms with van der Waals surface area (Å²) < 4.78 is 6.97. The highest BCUT2D eigenvalue weighted by Gasteiger charge is 2.22. The molecule has 0 aliphatic heterocycles. The summed E-state index contributed by atoms with van der Waals surface area (Å²) in [5.41, 5.74) is 1.71. The molecule has 4 nitrogen and oxygen atoms in total. The van der Waals surface area contributed by atoms with Crippen LogP contribution < -0.4 is 4.74 Å². The molecular weight excluding hydrogens is 266 g/mol. The maximum atomic E-state index is 12.5. The van der Waals surface area contributed by atoms with Crippen molar-refractivity contribution in [3.63, 3.8) is 0 Å². The first-order chi connectivity index (χ1) is 9.73.